The summed E-state index contributed by atoms with van der Waals surface area (Å²) < 4.78 is 1.12. The fraction of sp³-hybridized carbons (Fsp3) is 0.312. The molecule has 1 heterocycles. The summed E-state index contributed by atoms with van der Waals surface area (Å²) in [5.74, 6) is 0. The first-order valence-corrected chi connectivity index (χ1v) is 7.39. The van der Waals surface area contributed by atoms with E-state index in [9.17, 15) is 0 Å². The van der Waals surface area contributed by atoms with Gasteiger partial charge in [0.2, 0.25) is 0 Å². The average molecular weight is 319 g/mol. The van der Waals surface area contributed by atoms with Crippen molar-refractivity contribution in [3.8, 4) is 0 Å². The molecule has 1 N–H and O–H groups in total. The lowest BCUT2D eigenvalue weighted by Gasteiger charge is -2.19. The van der Waals surface area contributed by atoms with Crippen molar-refractivity contribution >= 4 is 15.9 Å². The number of benzene rings is 1. The minimum atomic E-state index is 0.264. The molecule has 0 saturated heterocycles. The van der Waals surface area contributed by atoms with Crippen LogP contribution in [0.2, 0.25) is 0 Å². The first kappa shape index (κ1) is 14.2. The number of pyridine rings is 1. The van der Waals surface area contributed by atoms with E-state index in [0.29, 0.717) is 0 Å². The number of aryl methyl sites for hydroxylation is 1. The lowest BCUT2D eigenvalue weighted by Crippen LogP contribution is -2.24. The van der Waals surface area contributed by atoms with Crippen LogP contribution in [0.1, 0.15) is 29.8 Å². The second kappa shape index (κ2) is 6.83. The van der Waals surface area contributed by atoms with Gasteiger partial charge in [0.15, 0.2) is 0 Å². The largest absolute Gasteiger partial charge is 0.309 e. The van der Waals surface area contributed by atoms with Gasteiger partial charge in [-0.1, -0.05) is 41.1 Å². The molecule has 19 heavy (non-hydrogen) atoms. The van der Waals surface area contributed by atoms with E-state index < -0.39 is 0 Å². The number of hydrogen-bond donors (Lipinski definition) is 1. The number of rotatable bonds is 5. The normalized spacial score (nSPS) is 12.4. The van der Waals surface area contributed by atoms with E-state index in [1.54, 1.807) is 0 Å². The Bertz CT molecular complexity index is 540. The van der Waals surface area contributed by atoms with Crippen LogP contribution in [0.25, 0.3) is 0 Å². The molecule has 0 saturated carbocycles. The Hall–Kier alpha value is -1.19. The molecule has 0 amide bonds. The topological polar surface area (TPSA) is 24.9 Å². The molecular formula is C16H19BrN2. The van der Waals surface area contributed by atoms with Crippen molar-refractivity contribution in [1.82, 2.24) is 10.3 Å². The molecule has 2 aromatic rings. The third-order valence-corrected chi connectivity index (χ3v) is 3.65. The summed E-state index contributed by atoms with van der Waals surface area (Å²) in [5, 5.41) is 3.53. The van der Waals surface area contributed by atoms with E-state index in [0.717, 1.165) is 23.1 Å². The Balaban J connectivity index is 2.24. The van der Waals surface area contributed by atoms with E-state index >= 15 is 0 Å². The SMILES string of the molecule is CCNC(Cc1cccc(Br)c1)c1ncccc1C. The Morgan fingerprint density at radius 1 is 1.26 bits per heavy atom. The monoisotopic (exact) mass is 318 g/mol. The van der Waals surface area contributed by atoms with Crippen LogP contribution in [0.5, 0.6) is 0 Å². The van der Waals surface area contributed by atoms with Gasteiger partial charge in [-0.25, -0.2) is 0 Å². The molecule has 3 heteroatoms. The van der Waals surface area contributed by atoms with Crippen molar-refractivity contribution in [3.05, 3.63) is 63.9 Å². The molecule has 0 aliphatic carbocycles. The van der Waals surface area contributed by atoms with Crippen LogP contribution in [0, 0.1) is 6.92 Å². The van der Waals surface area contributed by atoms with Crippen LogP contribution in [0.4, 0.5) is 0 Å². The summed E-state index contributed by atoms with van der Waals surface area (Å²) in [5.41, 5.74) is 3.69. The number of likely N-dealkylation sites (N-methyl/N-ethyl adjacent to an activating group) is 1. The number of hydrogen-bond acceptors (Lipinski definition) is 2. The minimum absolute atomic E-state index is 0.264. The molecule has 0 aliphatic heterocycles. The van der Waals surface area contributed by atoms with Crippen molar-refractivity contribution < 1.29 is 0 Å². The van der Waals surface area contributed by atoms with Crippen molar-refractivity contribution in [2.75, 3.05) is 6.54 Å². The molecule has 1 atom stereocenters. The first-order valence-electron chi connectivity index (χ1n) is 6.60. The van der Waals surface area contributed by atoms with Crippen molar-refractivity contribution in [3.63, 3.8) is 0 Å². The summed E-state index contributed by atoms with van der Waals surface area (Å²) in [6.07, 6.45) is 2.82. The van der Waals surface area contributed by atoms with E-state index in [1.165, 1.54) is 11.1 Å². The number of halogens is 1. The molecule has 0 aliphatic rings. The zero-order chi connectivity index (χ0) is 13.7. The predicted octanol–water partition coefficient (Wildman–Crippen LogP) is 4.05. The van der Waals surface area contributed by atoms with Crippen molar-refractivity contribution in [2.45, 2.75) is 26.3 Å². The van der Waals surface area contributed by atoms with E-state index in [-0.39, 0.29) is 6.04 Å². The molecule has 0 radical (unpaired) electrons. The fourth-order valence-electron chi connectivity index (χ4n) is 2.27. The quantitative estimate of drug-likeness (QED) is 0.899. The second-order valence-electron chi connectivity index (χ2n) is 4.65. The van der Waals surface area contributed by atoms with Gasteiger partial charge in [0, 0.05) is 10.7 Å². The maximum absolute atomic E-state index is 4.54. The highest BCUT2D eigenvalue weighted by molar-refractivity contribution is 9.10. The molecule has 0 bridgehead atoms. The van der Waals surface area contributed by atoms with Gasteiger partial charge in [0.1, 0.15) is 0 Å². The Morgan fingerprint density at radius 3 is 2.79 bits per heavy atom. The van der Waals surface area contributed by atoms with Crippen molar-refractivity contribution in [1.29, 1.82) is 0 Å². The van der Waals surface area contributed by atoms with Gasteiger partial charge in [0.25, 0.3) is 0 Å². The minimum Gasteiger partial charge on any atom is -0.309 e. The first-order chi connectivity index (χ1) is 9.20. The maximum Gasteiger partial charge on any atom is 0.0605 e. The molecule has 1 unspecified atom stereocenters. The molecule has 0 fully saturated rings. The number of aromatic nitrogens is 1. The lowest BCUT2D eigenvalue weighted by atomic mass is 10.00. The summed E-state index contributed by atoms with van der Waals surface area (Å²) in [4.78, 5) is 4.54. The van der Waals surface area contributed by atoms with Crippen LogP contribution < -0.4 is 5.32 Å². The number of nitrogens with one attached hydrogen (secondary N) is 1. The van der Waals surface area contributed by atoms with E-state index in [1.807, 2.05) is 12.3 Å². The predicted molar refractivity (Wildman–Crippen MR) is 83.2 cm³/mol. The highest BCUT2D eigenvalue weighted by atomic mass is 79.9. The van der Waals surface area contributed by atoms with Gasteiger partial charge in [-0.15, -0.1) is 0 Å². The highest BCUT2D eigenvalue weighted by Gasteiger charge is 2.14. The molecule has 2 nitrogen and oxygen atoms in total. The zero-order valence-corrected chi connectivity index (χ0v) is 12.9. The molecule has 1 aromatic heterocycles. The maximum atomic E-state index is 4.54. The van der Waals surface area contributed by atoms with Gasteiger partial charge >= 0.3 is 0 Å². The lowest BCUT2D eigenvalue weighted by molar-refractivity contribution is 0.534. The average Bonchev–Trinajstić information content (AvgIpc) is 2.39. The van der Waals surface area contributed by atoms with Crippen LogP contribution in [-0.2, 0) is 6.42 Å². The highest BCUT2D eigenvalue weighted by Crippen LogP contribution is 2.21. The Labute approximate surface area is 123 Å². The zero-order valence-electron chi connectivity index (χ0n) is 11.4. The second-order valence-corrected chi connectivity index (χ2v) is 5.57. The van der Waals surface area contributed by atoms with Gasteiger partial charge in [-0.2, -0.15) is 0 Å². The molecular weight excluding hydrogens is 300 g/mol. The van der Waals surface area contributed by atoms with E-state index in [2.05, 4.69) is 70.4 Å². The fourth-order valence-corrected chi connectivity index (χ4v) is 2.72. The molecule has 100 valence electrons. The van der Waals surface area contributed by atoms with Crippen LogP contribution in [-0.4, -0.2) is 11.5 Å². The standard InChI is InChI=1S/C16H19BrN2/c1-3-18-15(16-12(2)6-5-9-19-16)11-13-7-4-8-14(17)10-13/h4-10,15,18H,3,11H2,1-2H3. The molecule has 0 spiro atoms. The molecule has 1 aromatic carbocycles. The van der Waals surface area contributed by atoms with Crippen LogP contribution in [0.15, 0.2) is 47.1 Å². The van der Waals surface area contributed by atoms with E-state index in [4.69, 9.17) is 0 Å². The summed E-state index contributed by atoms with van der Waals surface area (Å²) in [7, 11) is 0. The Kier molecular flexibility index (Phi) is 5.11. The third kappa shape index (κ3) is 3.88. The summed E-state index contributed by atoms with van der Waals surface area (Å²) in [6, 6.07) is 12.8. The third-order valence-electron chi connectivity index (χ3n) is 3.16. The van der Waals surface area contributed by atoms with Crippen molar-refractivity contribution in [2.24, 2.45) is 0 Å². The van der Waals surface area contributed by atoms with Crippen LogP contribution in [0.3, 0.4) is 0 Å². The Morgan fingerprint density at radius 2 is 2.11 bits per heavy atom. The van der Waals surface area contributed by atoms with Gasteiger partial charge in [-0.05, 0) is 49.2 Å². The summed E-state index contributed by atoms with van der Waals surface area (Å²) in [6.45, 7) is 5.19. The van der Waals surface area contributed by atoms with Gasteiger partial charge in [0.05, 0.1) is 11.7 Å². The smallest absolute Gasteiger partial charge is 0.0605 e. The number of nitrogens with zero attached hydrogens (tertiary/aromatic N) is 1. The summed E-state index contributed by atoms with van der Waals surface area (Å²) >= 11 is 3.53. The van der Waals surface area contributed by atoms with Crippen LogP contribution >= 0.6 is 15.9 Å². The molecule has 2 rings (SSSR count). The van der Waals surface area contributed by atoms with Gasteiger partial charge < -0.3 is 5.32 Å². The van der Waals surface area contributed by atoms with Gasteiger partial charge in [-0.3, -0.25) is 4.98 Å².